The summed E-state index contributed by atoms with van der Waals surface area (Å²) >= 11 is 0. The molecule has 3 aromatic rings. The van der Waals surface area contributed by atoms with E-state index in [1.807, 2.05) is 48.5 Å². The number of halogens is 2. The summed E-state index contributed by atoms with van der Waals surface area (Å²) in [5.41, 5.74) is 1.65. The predicted molar refractivity (Wildman–Crippen MR) is 122 cm³/mol. The van der Waals surface area contributed by atoms with Crippen LogP contribution in [0.25, 0.3) is 11.1 Å². The molecule has 0 spiro atoms. The van der Waals surface area contributed by atoms with Gasteiger partial charge in [-0.3, -0.25) is 4.79 Å². The average molecular weight is 478 g/mol. The van der Waals surface area contributed by atoms with E-state index in [9.17, 15) is 23.2 Å². The number of carbonyl (C=O) groups excluding carboxylic acids is 2. The van der Waals surface area contributed by atoms with Crippen LogP contribution < -0.4 is 10.6 Å². The molecule has 0 aliphatic heterocycles. The summed E-state index contributed by atoms with van der Waals surface area (Å²) in [5, 5.41) is 13.8. The highest BCUT2D eigenvalue weighted by atomic mass is 19.1. The molecule has 5 rings (SSSR count). The SMILES string of the molecule is O=C(NC1(C(=O)Nc2cc(F)c(C(=O)O)c(F)c2)CC1)OCC1c2ccccc2-c2ccccc21. The lowest BCUT2D eigenvalue weighted by molar-refractivity contribution is -0.119. The van der Waals surface area contributed by atoms with Gasteiger partial charge in [-0.05, 0) is 47.2 Å². The molecule has 1 fully saturated rings. The van der Waals surface area contributed by atoms with Crippen molar-refractivity contribution >= 4 is 23.7 Å². The molecule has 0 saturated heterocycles. The van der Waals surface area contributed by atoms with Crippen LogP contribution in [-0.4, -0.2) is 35.2 Å². The summed E-state index contributed by atoms with van der Waals surface area (Å²) in [6, 6.07) is 17.2. The summed E-state index contributed by atoms with van der Waals surface area (Å²) in [5.74, 6) is -5.21. The first-order valence-electron chi connectivity index (χ1n) is 11.0. The van der Waals surface area contributed by atoms with Gasteiger partial charge in [0.15, 0.2) is 0 Å². The minimum absolute atomic E-state index is 0.0740. The van der Waals surface area contributed by atoms with Gasteiger partial charge in [0.25, 0.3) is 0 Å². The topological polar surface area (TPSA) is 105 Å². The number of ether oxygens (including phenoxy) is 1. The number of hydrogen-bond acceptors (Lipinski definition) is 4. The number of nitrogens with one attached hydrogen (secondary N) is 2. The van der Waals surface area contributed by atoms with E-state index >= 15 is 0 Å². The Morgan fingerprint density at radius 3 is 2.00 bits per heavy atom. The molecule has 2 aliphatic rings. The lowest BCUT2D eigenvalue weighted by Gasteiger charge is -2.19. The second-order valence-corrected chi connectivity index (χ2v) is 8.61. The molecule has 0 unspecified atom stereocenters. The monoisotopic (exact) mass is 478 g/mol. The van der Waals surface area contributed by atoms with Crippen molar-refractivity contribution in [3.8, 4) is 11.1 Å². The molecule has 2 aliphatic carbocycles. The van der Waals surface area contributed by atoms with E-state index in [4.69, 9.17) is 9.84 Å². The number of hydrogen-bond donors (Lipinski definition) is 3. The van der Waals surface area contributed by atoms with E-state index in [0.717, 1.165) is 22.3 Å². The number of anilines is 1. The molecule has 7 nitrogen and oxygen atoms in total. The van der Waals surface area contributed by atoms with Crippen molar-refractivity contribution in [2.45, 2.75) is 24.3 Å². The minimum Gasteiger partial charge on any atom is -0.477 e. The van der Waals surface area contributed by atoms with Gasteiger partial charge in [-0.15, -0.1) is 0 Å². The predicted octanol–water partition coefficient (Wildman–Crippen LogP) is 4.67. The lowest BCUT2D eigenvalue weighted by atomic mass is 9.98. The molecule has 9 heteroatoms. The number of alkyl carbamates (subject to hydrolysis) is 1. The molecule has 35 heavy (non-hydrogen) atoms. The van der Waals surface area contributed by atoms with E-state index in [1.54, 1.807) is 0 Å². The van der Waals surface area contributed by atoms with Gasteiger partial charge in [-0.1, -0.05) is 48.5 Å². The van der Waals surface area contributed by atoms with E-state index in [1.165, 1.54) is 0 Å². The number of fused-ring (bicyclic) bond motifs is 3. The van der Waals surface area contributed by atoms with Crippen LogP contribution in [0.5, 0.6) is 0 Å². The van der Waals surface area contributed by atoms with Gasteiger partial charge in [-0.2, -0.15) is 0 Å². The zero-order chi connectivity index (χ0) is 24.7. The first-order chi connectivity index (χ1) is 16.8. The molecule has 0 heterocycles. The Bertz CT molecular complexity index is 1300. The number of carbonyl (C=O) groups is 3. The maximum absolute atomic E-state index is 13.9. The third kappa shape index (κ3) is 4.09. The highest BCUT2D eigenvalue weighted by Crippen LogP contribution is 2.44. The lowest BCUT2D eigenvalue weighted by Crippen LogP contribution is -2.46. The number of amides is 2. The molecule has 0 bridgehead atoms. The van der Waals surface area contributed by atoms with Crippen LogP contribution in [0.3, 0.4) is 0 Å². The van der Waals surface area contributed by atoms with Crippen LogP contribution in [0.4, 0.5) is 19.3 Å². The smallest absolute Gasteiger partial charge is 0.408 e. The third-order valence-electron chi connectivity index (χ3n) is 6.38. The first kappa shape index (κ1) is 22.5. The Balaban J connectivity index is 1.24. The maximum atomic E-state index is 13.9. The van der Waals surface area contributed by atoms with E-state index in [2.05, 4.69) is 10.6 Å². The summed E-state index contributed by atoms with van der Waals surface area (Å²) in [7, 11) is 0. The van der Waals surface area contributed by atoms with Crippen molar-refractivity contribution in [2.24, 2.45) is 0 Å². The van der Waals surface area contributed by atoms with Gasteiger partial charge in [-0.25, -0.2) is 18.4 Å². The van der Waals surface area contributed by atoms with E-state index in [0.29, 0.717) is 25.0 Å². The van der Waals surface area contributed by atoms with Crippen molar-refractivity contribution in [1.82, 2.24) is 5.32 Å². The fraction of sp³-hybridized carbons (Fsp3) is 0.192. The van der Waals surface area contributed by atoms with Crippen molar-refractivity contribution in [1.29, 1.82) is 0 Å². The molecular formula is C26H20F2N2O5. The molecule has 3 N–H and O–H groups in total. The van der Waals surface area contributed by atoms with Gasteiger partial charge in [0.05, 0.1) is 0 Å². The summed E-state index contributed by atoms with van der Waals surface area (Å²) in [6.07, 6.45) is -0.138. The summed E-state index contributed by atoms with van der Waals surface area (Å²) in [6.45, 7) is 0.0740. The zero-order valence-electron chi connectivity index (χ0n) is 18.3. The number of aromatic carboxylic acids is 1. The van der Waals surface area contributed by atoms with Crippen molar-refractivity contribution < 1.29 is 33.0 Å². The summed E-state index contributed by atoms with van der Waals surface area (Å²) < 4.78 is 33.3. The zero-order valence-corrected chi connectivity index (χ0v) is 18.3. The Kier molecular flexibility index (Phi) is 5.47. The Hall–Kier alpha value is -4.27. The number of carboxylic acids is 1. The second-order valence-electron chi connectivity index (χ2n) is 8.61. The number of benzene rings is 3. The highest BCUT2D eigenvalue weighted by molar-refractivity contribution is 6.02. The van der Waals surface area contributed by atoms with Crippen LogP contribution in [-0.2, 0) is 9.53 Å². The standard InChI is InChI=1S/C26H20F2N2O5/c27-20-11-14(12-21(28)22(20)23(31)32)29-24(33)26(9-10-26)30-25(34)35-13-19-17-7-3-1-5-15(17)16-6-2-4-8-18(16)19/h1-8,11-12,19H,9-10,13H2,(H,29,33)(H,30,34)(H,31,32). The molecule has 3 aromatic carbocycles. The largest absolute Gasteiger partial charge is 0.477 e. The van der Waals surface area contributed by atoms with E-state index in [-0.39, 0.29) is 18.2 Å². The molecular weight excluding hydrogens is 458 g/mol. The van der Waals surface area contributed by atoms with Crippen LogP contribution in [0.2, 0.25) is 0 Å². The average Bonchev–Trinajstić information content (AvgIpc) is 3.52. The van der Waals surface area contributed by atoms with Crippen LogP contribution in [0, 0.1) is 11.6 Å². The molecule has 0 atom stereocenters. The normalized spacial score (nSPS) is 15.0. The molecule has 0 aromatic heterocycles. The van der Waals surface area contributed by atoms with Crippen LogP contribution in [0.15, 0.2) is 60.7 Å². The Morgan fingerprint density at radius 1 is 0.943 bits per heavy atom. The van der Waals surface area contributed by atoms with Gasteiger partial charge in [0.2, 0.25) is 5.91 Å². The Labute approximate surface area is 198 Å². The van der Waals surface area contributed by atoms with Gasteiger partial charge < -0.3 is 20.5 Å². The third-order valence-corrected chi connectivity index (χ3v) is 6.38. The first-order valence-corrected chi connectivity index (χ1v) is 11.0. The van der Waals surface area contributed by atoms with Gasteiger partial charge in [0.1, 0.15) is 29.3 Å². The fourth-order valence-electron chi connectivity index (χ4n) is 4.46. The quantitative estimate of drug-likeness (QED) is 0.478. The molecule has 2 amide bonds. The van der Waals surface area contributed by atoms with Crippen LogP contribution >= 0.6 is 0 Å². The number of rotatable bonds is 6. The van der Waals surface area contributed by atoms with Crippen LogP contribution in [0.1, 0.15) is 40.2 Å². The maximum Gasteiger partial charge on any atom is 0.408 e. The fourth-order valence-corrected chi connectivity index (χ4v) is 4.46. The van der Waals surface area contributed by atoms with Gasteiger partial charge >= 0.3 is 12.1 Å². The van der Waals surface area contributed by atoms with Gasteiger partial charge in [0, 0.05) is 11.6 Å². The van der Waals surface area contributed by atoms with Crippen molar-refractivity contribution in [3.05, 3.63) is 89.0 Å². The van der Waals surface area contributed by atoms with Crippen molar-refractivity contribution in [3.63, 3.8) is 0 Å². The second kappa shape index (κ2) is 8.50. The summed E-state index contributed by atoms with van der Waals surface area (Å²) in [4.78, 5) is 36.2. The highest BCUT2D eigenvalue weighted by Gasteiger charge is 2.52. The molecule has 0 radical (unpaired) electrons. The van der Waals surface area contributed by atoms with E-state index < -0.39 is 40.7 Å². The molecule has 178 valence electrons. The number of carboxylic acid groups (broad SMARTS) is 1. The minimum atomic E-state index is -1.76. The van der Waals surface area contributed by atoms with Crippen molar-refractivity contribution in [2.75, 3.05) is 11.9 Å². The molecule has 1 saturated carbocycles. The Morgan fingerprint density at radius 2 is 1.49 bits per heavy atom.